The number of nitrogens with zero attached hydrogens (tertiary/aromatic N) is 4. The molecule has 1 aliphatic heterocycles. The summed E-state index contributed by atoms with van der Waals surface area (Å²) in [5, 5.41) is 3.10. The van der Waals surface area contributed by atoms with Crippen LogP contribution in [0.25, 0.3) is 0 Å². The average molecular weight is 315 g/mol. The number of halogens is 1. The molecule has 6 nitrogen and oxygen atoms in total. The lowest BCUT2D eigenvalue weighted by Gasteiger charge is -2.32. The molecule has 120 valence electrons. The molecule has 0 spiro atoms. The number of benzene rings is 1. The van der Waals surface area contributed by atoms with Crippen LogP contribution >= 0.6 is 0 Å². The molecule has 1 aromatic heterocycles. The van der Waals surface area contributed by atoms with Crippen LogP contribution in [0.5, 0.6) is 0 Å². The number of aromatic nitrogens is 2. The normalized spacial score (nSPS) is 14.7. The van der Waals surface area contributed by atoms with Gasteiger partial charge in [-0.3, -0.25) is 4.79 Å². The Labute approximate surface area is 134 Å². The predicted octanol–water partition coefficient (Wildman–Crippen LogP) is 1.95. The first-order valence-corrected chi connectivity index (χ1v) is 7.46. The quantitative estimate of drug-likeness (QED) is 0.874. The molecule has 2 aromatic rings. The van der Waals surface area contributed by atoms with Gasteiger partial charge in [0.25, 0.3) is 0 Å². The van der Waals surface area contributed by atoms with Gasteiger partial charge >= 0.3 is 0 Å². The molecule has 7 heteroatoms. The zero-order valence-electron chi connectivity index (χ0n) is 12.9. The van der Waals surface area contributed by atoms with Gasteiger partial charge in [0.05, 0.1) is 0 Å². The third-order valence-corrected chi connectivity index (χ3v) is 3.69. The van der Waals surface area contributed by atoms with Crippen molar-refractivity contribution in [2.75, 3.05) is 36.4 Å². The van der Waals surface area contributed by atoms with E-state index in [9.17, 15) is 9.18 Å². The first-order chi connectivity index (χ1) is 11.1. The SMILES string of the molecule is Cc1cc(Nc2cccc(F)c2)nc(N2CCN(C=O)CC2)n1. The monoisotopic (exact) mass is 315 g/mol. The van der Waals surface area contributed by atoms with E-state index < -0.39 is 0 Å². The number of hydrogen-bond donors (Lipinski definition) is 1. The molecule has 0 radical (unpaired) electrons. The molecule has 0 bridgehead atoms. The fourth-order valence-corrected chi connectivity index (χ4v) is 2.50. The van der Waals surface area contributed by atoms with E-state index in [2.05, 4.69) is 15.3 Å². The van der Waals surface area contributed by atoms with E-state index in [0.29, 0.717) is 43.6 Å². The summed E-state index contributed by atoms with van der Waals surface area (Å²) in [7, 11) is 0. The van der Waals surface area contributed by atoms with Crippen LogP contribution in [0.15, 0.2) is 30.3 Å². The minimum absolute atomic E-state index is 0.300. The van der Waals surface area contributed by atoms with Crippen molar-refractivity contribution < 1.29 is 9.18 Å². The van der Waals surface area contributed by atoms with Gasteiger partial charge in [-0.25, -0.2) is 9.37 Å². The van der Waals surface area contributed by atoms with Crippen LogP contribution in [0, 0.1) is 12.7 Å². The van der Waals surface area contributed by atoms with Gasteiger partial charge in [0.1, 0.15) is 11.6 Å². The molecule has 1 aromatic carbocycles. The van der Waals surface area contributed by atoms with Gasteiger partial charge in [-0.05, 0) is 25.1 Å². The summed E-state index contributed by atoms with van der Waals surface area (Å²) in [4.78, 5) is 23.5. The molecule has 1 aliphatic rings. The van der Waals surface area contributed by atoms with Gasteiger partial charge in [-0.15, -0.1) is 0 Å². The van der Waals surface area contributed by atoms with Crippen molar-refractivity contribution in [2.45, 2.75) is 6.92 Å². The summed E-state index contributed by atoms with van der Waals surface area (Å²) >= 11 is 0. The first kappa shape index (κ1) is 15.2. The van der Waals surface area contributed by atoms with Crippen molar-refractivity contribution >= 4 is 23.9 Å². The minimum atomic E-state index is -0.300. The van der Waals surface area contributed by atoms with Gasteiger partial charge in [0, 0.05) is 43.6 Å². The molecule has 1 saturated heterocycles. The van der Waals surface area contributed by atoms with Crippen molar-refractivity contribution in [2.24, 2.45) is 0 Å². The lowest BCUT2D eigenvalue weighted by Crippen LogP contribution is -2.46. The highest BCUT2D eigenvalue weighted by Gasteiger charge is 2.18. The molecular formula is C16H18FN5O. The Morgan fingerprint density at radius 1 is 1.17 bits per heavy atom. The summed E-state index contributed by atoms with van der Waals surface area (Å²) < 4.78 is 13.3. The fourth-order valence-electron chi connectivity index (χ4n) is 2.50. The summed E-state index contributed by atoms with van der Waals surface area (Å²) in [6.07, 6.45) is 0.866. The lowest BCUT2D eigenvalue weighted by atomic mass is 10.3. The first-order valence-electron chi connectivity index (χ1n) is 7.46. The third kappa shape index (κ3) is 3.74. The minimum Gasteiger partial charge on any atom is -0.342 e. The Morgan fingerprint density at radius 2 is 1.96 bits per heavy atom. The number of anilines is 3. The largest absolute Gasteiger partial charge is 0.342 e. The molecule has 3 rings (SSSR count). The highest BCUT2D eigenvalue weighted by molar-refractivity contribution is 5.58. The third-order valence-electron chi connectivity index (χ3n) is 3.69. The molecule has 2 heterocycles. The van der Waals surface area contributed by atoms with Gasteiger partial charge in [0.2, 0.25) is 12.4 Å². The molecular weight excluding hydrogens is 297 g/mol. The van der Waals surface area contributed by atoms with Crippen molar-refractivity contribution in [1.29, 1.82) is 0 Å². The Hall–Kier alpha value is -2.70. The second-order valence-corrected chi connectivity index (χ2v) is 5.46. The number of rotatable bonds is 4. The zero-order chi connectivity index (χ0) is 16.2. The van der Waals surface area contributed by atoms with E-state index in [4.69, 9.17) is 0 Å². The van der Waals surface area contributed by atoms with Crippen LogP contribution in [0.2, 0.25) is 0 Å². The highest BCUT2D eigenvalue weighted by Crippen LogP contribution is 2.19. The highest BCUT2D eigenvalue weighted by atomic mass is 19.1. The summed E-state index contributed by atoms with van der Waals surface area (Å²) in [6, 6.07) is 8.05. The molecule has 1 fully saturated rings. The number of amides is 1. The number of piperazine rings is 1. The number of nitrogens with one attached hydrogen (secondary N) is 1. The fraction of sp³-hybridized carbons (Fsp3) is 0.312. The van der Waals surface area contributed by atoms with E-state index in [-0.39, 0.29) is 5.82 Å². The summed E-state index contributed by atoms with van der Waals surface area (Å²) in [5.74, 6) is 0.941. The van der Waals surface area contributed by atoms with Gasteiger partial charge in [-0.2, -0.15) is 4.98 Å². The number of carbonyl (C=O) groups excluding carboxylic acids is 1. The molecule has 1 amide bonds. The van der Waals surface area contributed by atoms with Crippen LogP contribution in [-0.4, -0.2) is 47.5 Å². The Morgan fingerprint density at radius 3 is 2.65 bits per heavy atom. The topological polar surface area (TPSA) is 61.4 Å². The summed E-state index contributed by atoms with van der Waals surface area (Å²) in [5.41, 5.74) is 1.46. The van der Waals surface area contributed by atoms with Crippen LogP contribution < -0.4 is 10.2 Å². The predicted molar refractivity (Wildman–Crippen MR) is 86.3 cm³/mol. The second-order valence-electron chi connectivity index (χ2n) is 5.46. The maximum Gasteiger partial charge on any atom is 0.227 e. The Bertz CT molecular complexity index is 701. The van der Waals surface area contributed by atoms with Crippen molar-refractivity contribution in [1.82, 2.24) is 14.9 Å². The second kappa shape index (κ2) is 6.60. The van der Waals surface area contributed by atoms with E-state index in [0.717, 1.165) is 12.1 Å². The average Bonchev–Trinajstić information content (AvgIpc) is 2.54. The van der Waals surface area contributed by atoms with Crippen molar-refractivity contribution in [3.8, 4) is 0 Å². The standard InChI is InChI=1S/C16H18FN5O/c1-12-9-15(19-14-4-2-3-13(17)10-14)20-16(18-12)22-7-5-21(11-23)6-8-22/h2-4,9-11H,5-8H2,1H3,(H,18,19,20). The van der Waals surface area contributed by atoms with E-state index in [1.165, 1.54) is 12.1 Å². The molecule has 0 unspecified atom stereocenters. The maximum atomic E-state index is 13.3. The Kier molecular flexibility index (Phi) is 4.36. The maximum absolute atomic E-state index is 13.3. The number of aryl methyl sites for hydroxylation is 1. The zero-order valence-corrected chi connectivity index (χ0v) is 12.9. The molecule has 23 heavy (non-hydrogen) atoms. The van der Waals surface area contributed by atoms with Crippen LogP contribution in [0.1, 0.15) is 5.69 Å². The van der Waals surface area contributed by atoms with Crippen LogP contribution in [-0.2, 0) is 4.79 Å². The van der Waals surface area contributed by atoms with Crippen molar-refractivity contribution in [3.05, 3.63) is 41.8 Å². The molecule has 0 aliphatic carbocycles. The van der Waals surface area contributed by atoms with Gasteiger partial charge in [-0.1, -0.05) is 6.07 Å². The van der Waals surface area contributed by atoms with E-state index in [1.54, 1.807) is 17.0 Å². The molecule has 0 saturated carbocycles. The molecule has 1 N–H and O–H groups in total. The van der Waals surface area contributed by atoms with E-state index >= 15 is 0 Å². The van der Waals surface area contributed by atoms with Crippen LogP contribution in [0.4, 0.5) is 21.8 Å². The number of carbonyl (C=O) groups is 1. The van der Waals surface area contributed by atoms with Crippen LogP contribution in [0.3, 0.4) is 0 Å². The van der Waals surface area contributed by atoms with Crippen molar-refractivity contribution in [3.63, 3.8) is 0 Å². The summed E-state index contributed by atoms with van der Waals surface area (Å²) in [6.45, 7) is 4.60. The van der Waals surface area contributed by atoms with Gasteiger partial charge < -0.3 is 15.1 Å². The molecule has 0 atom stereocenters. The van der Waals surface area contributed by atoms with E-state index in [1.807, 2.05) is 17.9 Å². The van der Waals surface area contributed by atoms with Gasteiger partial charge in [0.15, 0.2) is 0 Å². The number of hydrogen-bond acceptors (Lipinski definition) is 5. The Balaban J connectivity index is 1.78. The smallest absolute Gasteiger partial charge is 0.227 e. The lowest BCUT2D eigenvalue weighted by molar-refractivity contribution is -0.118.